The summed E-state index contributed by atoms with van der Waals surface area (Å²) in [5.74, 6) is 0. The van der Waals surface area contributed by atoms with Crippen LogP contribution in [0.15, 0.2) is 23.8 Å². The zero-order chi connectivity index (χ0) is 19.5. The molecule has 0 aromatic rings. The zero-order valence-corrected chi connectivity index (χ0v) is 15.7. The standard InChI is InChI=1S/C16H28N3O5/c1-12(2)11-13(16(7,8)19(23)24)17(20)14(3,4)9-10-15(5,6)18(21)22/h9-11,13H,1-8H3/b10-9+. The van der Waals surface area contributed by atoms with E-state index >= 15 is 0 Å². The smallest absolute Gasteiger partial charge is 0.237 e. The minimum absolute atomic E-state index is 0.455. The van der Waals surface area contributed by atoms with Gasteiger partial charge in [-0.25, -0.2) is 0 Å². The van der Waals surface area contributed by atoms with Crippen LogP contribution in [0.4, 0.5) is 0 Å². The first-order valence-corrected chi connectivity index (χ1v) is 7.66. The van der Waals surface area contributed by atoms with Crippen molar-refractivity contribution in [1.29, 1.82) is 0 Å². The van der Waals surface area contributed by atoms with Crippen LogP contribution in [0.1, 0.15) is 55.4 Å². The lowest BCUT2D eigenvalue weighted by molar-refractivity contribution is -0.573. The molecule has 0 N–H and O–H groups in total. The second-order valence-electron chi connectivity index (χ2n) is 7.82. The topological polar surface area (TPSA) is 109 Å². The van der Waals surface area contributed by atoms with E-state index in [9.17, 15) is 25.4 Å². The summed E-state index contributed by atoms with van der Waals surface area (Å²) in [5, 5.41) is 35.9. The summed E-state index contributed by atoms with van der Waals surface area (Å²) in [6.07, 6.45) is 4.34. The van der Waals surface area contributed by atoms with Crippen LogP contribution in [-0.2, 0) is 5.21 Å². The van der Waals surface area contributed by atoms with Gasteiger partial charge in [0, 0.05) is 37.5 Å². The Balaban J connectivity index is 5.83. The largest absolute Gasteiger partial charge is 0.264 e. The van der Waals surface area contributed by atoms with E-state index in [-0.39, 0.29) is 0 Å². The first-order valence-electron chi connectivity index (χ1n) is 7.66. The molecule has 1 radical (unpaired) electrons. The van der Waals surface area contributed by atoms with E-state index in [0.717, 1.165) is 5.57 Å². The third-order valence-corrected chi connectivity index (χ3v) is 3.88. The van der Waals surface area contributed by atoms with Crippen LogP contribution in [0.2, 0.25) is 0 Å². The minimum Gasteiger partial charge on any atom is -0.264 e. The molecule has 8 nitrogen and oxygen atoms in total. The lowest BCUT2D eigenvalue weighted by atomic mass is 9.89. The molecule has 137 valence electrons. The second-order valence-corrected chi connectivity index (χ2v) is 7.82. The van der Waals surface area contributed by atoms with Gasteiger partial charge in [-0.2, -0.15) is 0 Å². The van der Waals surface area contributed by atoms with Crippen LogP contribution in [-0.4, -0.2) is 37.6 Å². The number of hydroxylamine groups is 2. The third kappa shape index (κ3) is 5.38. The monoisotopic (exact) mass is 342 g/mol. The summed E-state index contributed by atoms with van der Waals surface area (Å²) in [6.45, 7) is 12.3. The lowest BCUT2D eigenvalue weighted by Crippen LogP contribution is -2.57. The first kappa shape index (κ1) is 22.2. The highest BCUT2D eigenvalue weighted by molar-refractivity contribution is 5.13. The van der Waals surface area contributed by atoms with E-state index in [1.54, 1.807) is 33.8 Å². The molecular weight excluding hydrogens is 314 g/mol. The van der Waals surface area contributed by atoms with Crippen molar-refractivity contribution in [3.05, 3.63) is 44.0 Å². The molecule has 0 aliphatic rings. The van der Waals surface area contributed by atoms with Crippen LogP contribution in [0.3, 0.4) is 0 Å². The van der Waals surface area contributed by atoms with E-state index in [1.165, 1.54) is 39.8 Å². The quantitative estimate of drug-likeness (QED) is 0.381. The number of hydrogen-bond acceptors (Lipinski definition) is 5. The molecule has 0 aromatic carbocycles. The molecular formula is C16H28N3O5. The zero-order valence-electron chi connectivity index (χ0n) is 15.7. The summed E-state index contributed by atoms with van der Waals surface area (Å²) < 4.78 is 0. The van der Waals surface area contributed by atoms with Crippen molar-refractivity contribution in [2.45, 2.75) is 78.0 Å². The van der Waals surface area contributed by atoms with Crippen molar-refractivity contribution in [3.8, 4) is 0 Å². The first-order chi connectivity index (χ1) is 10.6. The number of rotatable bonds is 8. The number of nitrogens with zero attached hydrogens (tertiary/aromatic N) is 3. The molecule has 1 atom stereocenters. The fourth-order valence-corrected chi connectivity index (χ4v) is 1.88. The second kappa shape index (κ2) is 7.40. The molecule has 0 fully saturated rings. The van der Waals surface area contributed by atoms with E-state index in [2.05, 4.69) is 0 Å². The van der Waals surface area contributed by atoms with Crippen LogP contribution in [0, 0.1) is 20.2 Å². The molecule has 0 amide bonds. The molecule has 0 heterocycles. The summed E-state index contributed by atoms with van der Waals surface area (Å²) in [6, 6.07) is -1.02. The molecule has 0 bridgehead atoms. The molecule has 0 saturated heterocycles. The van der Waals surface area contributed by atoms with Crippen molar-refractivity contribution in [2.75, 3.05) is 0 Å². The number of nitro groups is 2. The maximum atomic E-state index is 12.9. The van der Waals surface area contributed by atoms with Crippen molar-refractivity contribution in [1.82, 2.24) is 5.06 Å². The Hall–Kier alpha value is -1.80. The summed E-state index contributed by atoms with van der Waals surface area (Å²) in [7, 11) is 0. The Morgan fingerprint density at radius 1 is 0.958 bits per heavy atom. The third-order valence-electron chi connectivity index (χ3n) is 3.88. The van der Waals surface area contributed by atoms with Gasteiger partial charge in [-0.3, -0.25) is 20.2 Å². The lowest BCUT2D eigenvalue weighted by Gasteiger charge is -2.37. The van der Waals surface area contributed by atoms with Gasteiger partial charge in [-0.15, -0.1) is 10.3 Å². The average molecular weight is 342 g/mol. The highest BCUT2D eigenvalue weighted by atomic mass is 16.6. The minimum atomic E-state index is -1.51. The molecule has 0 saturated carbocycles. The highest BCUT2D eigenvalue weighted by Crippen LogP contribution is 2.28. The van der Waals surface area contributed by atoms with E-state index < -0.39 is 32.5 Å². The molecule has 1 unspecified atom stereocenters. The van der Waals surface area contributed by atoms with Crippen LogP contribution < -0.4 is 0 Å². The summed E-state index contributed by atoms with van der Waals surface area (Å²) in [5.41, 5.74) is -3.22. The molecule has 0 spiro atoms. The highest BCUT2D eigenvalue weighted by Gasteiger charge is 2.47. The summed E-state index contributed by atoms with van der Waals surface area (Å²) in [4.78, 5) is 21.4. The van der Waals surface area contributed by atoms with Gasteiger partial charge in [0.2, 0.25) is 11.1 Å². The number of hydrogen-bond donors (Lipinski definition) is 0. The van der Waals surface area contributed by atoms with Gasteiger partial charge in [-0.1, -0.05) is 17.7 Å². The van der Waals surface area contributed by atoms with Gasteiger partial charge in [-0.05, 0) is 33.8 Å². The van der Waals surface area contributed by atoms with Gasteiger partial charge < -0.3 is 0 Å². The Labute approximate surface area is 143 Å². The fraction of sp³-hybridized carbons (Fsp3) is 0.750. The van der Waals surface area contributed by atoms with Crippen molar-refractivity contribution in [3.63, 3.8) is 0 Å². The van der Waals surface area contributed by atoms with Crippen molar-refractivity contribution < 1.29 is 15.1 Å². The van der Waals surface area contributed by atoms with Gasteiger partial charge in [0.1, 0.15) is 6.04 Å². The molecule has 0 rings (SSSR count). The van der Waals surface area contributed by atoms with Gasteiger partial charge in [0.15, 0.2) is 0 Å². The Bertz CT molecular complexity index is 546. The van der Waals surface area contributed by atoms with Gasteiger partial charge >= 0.3 is 0 Å². The van der Waals surface area contributed by atoms with E-state index in [4.69, 9.17) is 0 Å². The maximum absolute atomic E-state index is 12.9. The molecule has 0 aliphatic heterocycles. The summed E-state index contributed by atoms with van der Waals surface area (Å²) >= 11 is 0. The molecule has 0 aliphatic carbocycles. The van der Waals surface area contributed by atoms with Crippen molar-refractivity contribution in [2.24, 2.45) is 0 Å². The van der Waals surface area contributed by atoms with E-state index in [1.807, 2.05) is 0 Å². The molecule has 24 heavy (non-hydrogen) atoms. The van der Waals surface area contributed by atoms with Crippen molar-refractivity contribution >= 4 is 0 Å². The average Bonchev–Trinajstić information content (AvgIpc) is 2.41. The maximum Gasteiger partial charge on any atom is 0.237 e. The van der Waals surface area contributed by atoms with Gasteiger partial charge in [0.05, 0.1) is 5.54 Å². The molecule has 0 aromatic heterocycles. The Morgan fingerprint density at radius 3 is 1.75 bits per heavy atom. The Morgan fingerprint density at radius 2 is 1.42 bits per heavy atom. The van der Waals surface area contributed by atoms with E-state index in [0.29, 0.717) is 5.06 Å². The SMILES string of the molecule is CC(C)=CC(N([O])C(C)(C)/C=C/C(C)(C)[N+](=O)[O-])C(C)(C)[N+](=O)[O-]. The molecule has 8 heteroatoms. The van der Waals surface area contributed by atoms with Crippen LogP contribution >= 0.6 is 0 Å². The number of allylic oxidation sites excluding steroid dienone is 1. The fourth-order valence-electron chi connectivity index (χ4n) is 1.88. The van der Waals surface area contributed by atoms with Gasteiger partial charge in [0.25, 0.3) is 0 Å². The normalized spacial score (nSPS) is 14.8. The predicted octanol–water partition coefficient (Wildman–Crippen LogP) is 3.41. The van der Waals surface area contributed by atoms with Crippen LogP contribution in [0.5, 0.6) is 0 Å². The predicted molar refractivity (Wildman–Crippen MR) is 91.1 cm³/mol. The Kier molecular flexibility index (Phi) is 6.84. The van der Waals surface area contributed by atoms with Crippen LogP contribution in [0.25, 0.3) is 0 Å².